The molecule has 3 aromatic rings. The number of pyridine rings is 2. The average Bonchev–Trinajstić information content (AvgIpc) is 2.67. The molecule has 1 aromatic carbocycles. The average molecular weight is 367 g/mol. The minimum Gasteiger partial charge on any atom is -0.319 e. The van der Waals surface area contributed by atoms with Crippen molar-refractivity contribution in [2.24, 2.45) is 0 Å². The van der Waals surface area contributed by atoms with E-state index in [-0.39, 0.29) is 11.1 Å². The number of nitrogens with zero attached hydrogens (tertiary/aromatic N) is 3. The lowest BCUT2D eigenvalue weighted by atomic mass is 9.95. The minimum absolute atomic E-state index is 0.173. The quantitative estimate of drug-likeness (QED) is 0.714. The summed E-state index contributed by atoms with van der Waals surface area (Å²) in [7, 11) is 0. The van der Waals surface area contributed by atoms with E-state index in [1.807, 2.05) is 24.3 Å². The Morgan fingerprint density at radius 1 is 1.27 bits per heavy atom. The molecule has 26 heavy (non-hydrogen) atoms. The van der Waals surface area contributed by atoms with Gasteiger partial charge in [-0.3, -0.25) is 14.7 Å². The molecule has 5 nitrogen and oxygen atoms in total. The number of benzene rings is 1. The van der Waals surface area contributed by atoms with Gasteiger partial charge < -0.3 is 5.32 Å². The number of likely N-dealkylation sites (N-methyl/N-ethyl adjacent to an activating group) is 1. The predicted octanol–water partition coefficient (Wildman–Crippen LogP) is 3.91. The predicted molar refractivity (Wildman–Crippen MR) is 104 cm³/mol. The number of rotatable bonds is 3. The SMILES string of the molecule is CCN1CCc2nc3ccccc3c(C(=O)Nc3cccnc3Cl)c2C1. The molecule has 6 heteroatoms. The molecule has 0 atom stereocenters. The number of amides is 1. The first-order chi connectivity index (χ1) is 12.7. The molecule has 1 N–H and O–H groups in total. The second-order valence-electron chi connectivity index (χ2n) is 6.34. The van der Waals surface area contributed by atoms with Gasteiger partial charge in [-0.1, -0.05) is 36.7 Å². The molecule has 0 saturated heterocycles. The lowest BCUT2D eigenvalue weighted by Crippen LogP contribution is -2.33. The van der Waals surface area contributed by atoms with E-state index < -0.39 is 0 Å². The summed E-state index contributed by atoms with van der Waals surface area (Å²) in [6.07, 6.45) is 2.45. The van der Waals surface area contributed by atoms with E-state index in [1.165, 1.54) is 0 Å². The van der Waals surface area contributed by atoms with Crippen LogP contribution in [0.1, 0.15) is 28.5 Å². The maximum atomic E-state index is 13.2. The Morgan fingerprint density at radius 3 is 2.92 bits per heavy atom. The van der Waals surface area contributed by atoms with Gasteiger partial charge in [-0.05, 0) is 24.7 Å². The van der Waals surface area contributed by atoms with Crippen molar-refractivity contribution >= 4 is 34.1 Å². The van der Waals surface area contributed by atoms with Gasteiger partial charge in [-0.2, -0.15) is 0 Å². The third-order valence-electron chi connectivity index (χ3n) is 4.81. The second-order valence-corrected chi connectivity index (χ2v) is 6.70. The van der Waals surface area contributed by atoms with Crippen molar-refractivity contribution in [1.29, 1.82) is 0 Å². The molecule has 132 valence electrons. The van der Waals surface area contributed by atoms with Crippen molar-refractivity contribution in [2.45, 2.75) is 19.9 Å². The lowest BCUT2D eigenvalue weighted by Gasteiger charge is -2.29. The number of aromatic nitrogens is 2. The van der Waals surface area contributed by atoms with Crippen molar-refractivity contribution < 1.29 is 4.79 Å². The van der Waals surface area contributed by atoms with Crippen LogP contribution in [0.4, 0.5) is 5.69 Å². The number of nitrogens with one attached hydrogen (secondary N) is 1. The molecule has 0 aliphatic carbocycles. The van der Waals surface area contributed by atoms with E-state index in [0.29, 0.717) is 11.3 Å². The van der Waals surface area contributed by atoms with Crippen LogP contribution in [0.2, 0.25) is 5.15 Å². The van der Waals surface area contributed by atoms with E-state index in [0.717, 1.165) is 48.2 Å². The first-order valence-corrected chi connectivity index (χ1v) is 9.10. The summed E-state index contributed by atoms with van der Waals surface area (Å²) < 4.78 is 0. The highest BCUT2D eigenvalue weighted by Gasteiger charge is 2.25. The second kappa shape index (κ2) is 7.02. The smallest absolute Gasteiger partial charge is 0.256 e. The highest BCUT2D eigenvalue weighted by molar-refractivity contribution is 6.32. The maximum Gasteiger partial charge on any atom is 0.256 e. The fourth-order valence-corrected chi connectivity index (χ4v) is 3.61. The fourth-order valence-electron chi connectivity index (χ4n) is 3.44. The van der Waals surface area contributed by atoms with Crippen LogP contribution in [0.5, 0.6) is 0 Å². The van der Waals surface area contributed by atoms with E-state index in [2.05, 4.69) is 22.1 Å². The van der Waals surface area contributed by atoms with Crippen LogP contribution in [0, 0.1) is 0 Å². The summed E-state index contributed by atoms with van der Waals surface area (Å²) >= 11 is 6.12. The zero-order valence-corrected chi connectivity index (χ0v) is 15.3. The summed E-state index contributed by atoms with van der Waals surface area (Å²) in [6, 6.07) is 11.3. The van der Waals surface area contributed by atoms with Crippen molar-refractivity contribution in [3.63, 3.8) is 0 Å². The number of halogens is 1. The zero-order valence-electron chi connectivity index (χ0n) is 14.5. The van der Waals surface area contributed by atoms with Crippen LogP contribution >= 0.6 is 11.6 Å². The Labute approximate surface area is 157 Å². The number of carbonyl (C=O) groups is 1. The van der Waals surface area contributed by atoms with E-state index in [9.17, 15) is 4.79 Å². The van der Waals surface area contributed by atoms with E-state index in [1.54, 1.807) is 18.3 Å². The Bertz CT molecular complexity index is 989. The third-order valence-corrected chi connectivity index (χ3v) is 5.11. The molecule has 0 spiro atoms. The molecule has 0 unspecified atom stereocenters. The Kier molecular flexibility index (Phi) is 4.57. The first-order valence-electron chi connectivity index (χ1n) is 8.72. The summed E-state index contributed by atoms with van der Waals surface area (Å²) in [5.74, 6) is -0.173. The molecule has 1 amide bonds. The van der Waals surface area contributed by atoms with Crippen molar-refractivity contribution in [3.05, 3.63) is 64.6 Å². The standard InChI is InChI=1S/C20H19ClN4O/c1-2-25-11-9-16-14(12-25)18(13-6-3-4-7-15(13)23-16)20(26)24-17-8-5-10-22-19(17)21/h3-8,10H,2,9,11-12H2,1H3,(H,24,26). The highest BCUT2D eigenvalue weighted by atomic mass is 35.5. The van der Waals surface area contributed by atoms with Gasteiger partial charge in [0, 0.05) is 42.4 Å². The Hall–Kier alpha value is -2.50. The molecule has 1 aliphatic heterocycles. The first kappa shape index (κ1) is 16.9. The molecule has 0 fully saturated rings. The van der Waals surface area contributed by atoms with Crippen LogP contribution in [0.25, 0.3) is 10.9 Å². The lowest BCUT2D eigenvalue weighted by molar-refractivity contribution is 0.102. The molecular formula is C20H19ClN4O. The van der Waals surface area contributed by atoms with Gasteiger partial charge in [-0.15, -0.1) is 0 Å². The Morgan fingerprint density at radius 2 is 2.12 bits per heavy atom. The minimum atomic E-state index is -0.173. The summed E-state index contributed by atoms with van der Waals surface area (Å²) in [4.78, 5) is 24.4. The summed E-state index contributed by atoms with van der Waals surface area (Å²) in [5.41, 5.74) is 4.06. The van der Waals surface area contributed by atoms with Gasteiger partial charge >= 0.3 is 0 Å². The van der Waals surface area contributed by atoms with E-state index in [4.69, 9.17) is 16.6 Å². The van der Waals surface area contributed by atoms with Crippen molar-refractivity contribution in [2.75, 3.05) is 18.4 Å². The number of para-hydroxylation sites is 1. The maximum absolute atomic E-state index is 13.2. The van der Waals surface area contributed by atoms with Crippen molar-refractivity contribution in [3.8, 4) is 0 Å². The van der Waals surface area contributed by atoms with Gasteiger partial charge in [-0.25, -0.2) is 4.98 Å². The van der Waals surface area contributed by atoms with Gasteiger partial charge in [0.15, 0.2) is 5.15 Å². The zero-order chi connectivity index (χ0) is 18.1. The van der Waals surface area contributed by atoms with Crippen LogP contribution in [-0.2, 0) is 13.0 Å². The van der Waals surface area contributed by atoms with Crippen molar-refractivity contribution in [1.82, 2.24) is 14.9 Å². The number of fused-ring (bicyclic) bond motifs is 2. The molecule has 4 rings (SSSR count). The number of hydrogen-bond acceptors (Lipinski definition) is 4. The summed E-state index contributed by atoms with van der Waals surface area (Å²) in [5, 5.41) is 4.07. The normalized spacial score (nSPS) is 14.2. The largest absolute Gasteiger partial charge is 0.319 e. The van der Waals surface area contributed by atoms with Gasteiger partial charge in [0.1, 0.15) is 0 Å². The number of hydrogen-bond donors (Lipinski definition) is 1. The van der Waals surface area contributed by atoms with Crippen LogP contribution in [0.15, 0.2) is 42.6 Å². The molecule has 0 bridgehead atoms. The number of anilines is 1. The van der Waals surface area contributed by atoms with Gasteiger partial charge in [0.2, 0.25) is 0 Å². The van der Waals surface area contributed by atoms with Crippen LogP contribution < -0.4 is 5.32 Å². The Balaban J connectivity index is 1.84. The highest BCUT2D eigenvalue weighted by Crippen LogP contribution is 2.29. The topological polar surface area (TPSA) is 58.1 Å². The monoisotopic (exact) mass is 366 g/mol. The van der Waals surface area contributed by atoms with Crippen LogP contribution in [-0.4, -0.2) is 33.9 Å². The van der Waals surface area contributed by atoms with Gasteiger partial charge in [0.05, 0.1) is 16.8 Å². The van der Waals surface area contributed by atoms with Gasteiger partial charge in [0.25, 0.3) is 5.91 Å². The molecular weight excluding hydrogens is 348 g/mol. The molecule has 2 aromatic heterocycles. The molecule has 0 radical (unpaired) electrons. The molecule has 1 aliphatic rings. The fraction of sp³-hybridized carbons (Fsp3) is 0.250. The number of carbonyl (C=O) groups excluding carboxylic acids is 1. The molecule has 0 saturated carbocycles. The summed E-state index contributed by atoms with van der Waals surface area (Å²) in [6.45, 7) is 4.77. The van der Waals surface area contributed by atoms with Crippen LogP contribution in [0.3, 0.4) is 0 Å². The van der Waals surface area contributed by atoms with E-state index >= 15 is 0 Å². The third kappa shape index (κ3) is 3.04. The molecule has 3 heterocycles.